The van der Waals surface area contributed by atoms with Gasteiger partial charge in [0, 0.05) is 25.7 Å². The molecule has 1 atom stereocenters. The maximum absolute atomic E-state index is 3.61. The summed E-state index contributed by atoms with van der Waals surface area (Å²) in [5, 5.41) is 3.61. The number of rotatable bonds is 6. The zero-order valence-electron chi connectivity index (χ0n) is 10.8. The summed E-state index contributed by atoms with van der Waals surface area (Å²) < 4.78 is 0. The Labute approximate surface area is 100 Å². The van der Waals surface area contributed by atoms with E-state index < -0.39 is 0 Å². The average molecular weight is 222 g/mol. The van der Waals surface area contributed by atoms with Gasteiger partial charge in [-0.05, 0) is 52.0 Å². The van der Waals surface area contributed by atoms with Gasteiger partial charge in [-0.2, -0.15) is 0 Å². The first-order valence-electron chi connectivity index (χ1n) is 6.83. The van der Waals surface area contributed by atoms with E-state index in [0.717, 1.165) is 18.5 Å². The van der Waals surface area contributed by atoms with Crippen LogP contribution in [0.15, 0.2) is 11.6 Å². The highest BCUT2D eigenvalue weighted by Gasteiger charge is 2.25. The fourth-order valence-electron chi connectivity index (χ4n) is 2.43. The van der Waals surface area contributed by atoms with Crippen LogP contribution in [0, 0.1) is 5.92 Å². The number of allylic oxidation sites excluding steroid dienone is 1. The van der Waals surface area contributed by atoms with Gasteiger partial charge in [0.25, 0.3) is 0 Å². The molecular weight excluding hydrogens is 196 g/mol. The average Bonchev–Trinajstić information content (AvgIpc) is 2.90. The van der Waals surface area contributed by atoms with E-state index in [0.29, 0.717) is 0 Å². The normalized spacial score (nSPS) is 25.1. The summed E-state index contributed by atoms with van der Waals surface area (Å²) in [4.78, 5) is 2.65. The van der Waals surface area contributed by atoms with Crippen molar-refractivity contribution in [2.45, 2.75) is 45.6 Å². The molecule has 2 rings (SSSR count). The largest absolute Gasteiger partial charge is 0.313 e. The van der Waals surface area contributed by atoms with Gasteiger partial charge in [0.05, 0.1) is 0 Å². The first-order chi connectivity index (χ1) is 7.74. The molecule has 0 aromatic heterocycles. The van der Waals surface area contributed by atoms with E-state index in [1.54, 1.807) is 0 Å². The molecule has 1 unspecified atom stereocenters. The summed E-state index contributed by atoms with van der Waals surface area (Å²) in [6, 6.07) is 0.754. The Hall–Kier alpha value is -0.340. The molecule has 1 saturated carbocycles. The van der Waals surface area contributed by atoms with Crippen molar-refractivity contribution in [3.05, 3.63) is 11.6 Å². The van der Waals surface area contributed by atoms with Gasteiger partial charge in [-0.3, -0.25) is 4.90 Å². The van der Waals surface area contributed by atoms with E-state index in [-0.39, 0.29) is 0 Å². The smallest absolute Gasteiger partial charge is 0.0195 e. The minimum absolute atomic E-state index is 0.754. The lowest BCUT2D eigenvalue weighted by atomic mass is 10.2. The topological polar surface area (TPSA) is 15.3 Å². The first kappa shape index (κ1) is 12.1. The molecule has 2 heteroatoms. The van der Waals surface area contributed by atoms with Crippen LogP contribution in [0.4, 0.5) is 0 Å². The van der Waals surface area contributed by atoms with Gasteiger partial charge >= 0.3 is 0 Å². The molecule has 92 valence electrons. The highest BCUT2D eigenvalue weighted by atomic mass is 15.2. The zero-order valence-corrected chi connectivity index (χ0v) is 10.8. The van der Waals surface area contributed by atoms with Crippen LogP contribution in [-0.2, 0) is 0 Å². The van der Waals surface area contributed by atoms with E-state index in [1.165, 1.54) is 50.9 Å². The number of nitrogens with one attached hydrogen (secondary N) is 1. The van der Waals surface area contributed by atoms with Gasteiger partial charge in [-0.1, -0.05) is 11.6 Å². The predicted molar refractivity (Wildman–Crippen MR) is 69.6 cm³/mol. The van der Waals surface area contributed by atoms with Gasteiger partial charge in [-0.25, -0.2) is 0 Å². The highest BCUT2D eigenvalue weighted by molar-refractivity contribution is 4.96. The lowest BCUT2D eigenvalue weighted by Crippen LogP contribution is -2.38. The molecule has 1 aliphatic carbocycles. The molecule has 16 heavy (non-hydrogen) atoms. The van der Waals surface area contributed by atoms with Crippen molar-refractivity contribution in [2.75, 3.05) is 26.2 Å². The number of hydrogen-bond donors (Lipinski definition) is 1. The lowest BCUT2D eigenvalue weighted by Gasteiger charge is -2.24. The molecule has 2 nitrogen and oxygen atoms in total. The molecule has 2 aliphatic rings. The molecule has 0 aromatic rings. The Morgan fingerprint density at radius 1 is 1.25 bits per heavy atom. The third kappa shape index (κ3) is 4.26. The van der Waals surface area contributed by atoms with E-state index in [2.05, 4.69) is 30.1 Å². The van der Waals surface area contributed by atoms with Crippen molar-refractivity contribution < 1.29 is 0 Å². The standard InChI is InChI=1S/C14H26N2/c1-12(2)7-9-16(10-13-5-6-13)11-14-4-3-8-15-14/h7,13-15H,3-6,8-11H2,1-2H3. The Morgan fingerprint density at radius 3 is 2.62 bits per heavy atom. The fourth-order valence-corrected chi connectivity index (χ4v) is 2.43. The minimum Gasteiger partial charge on any atom is -0.313 e. The van der Waals surface area contributed by atoms with Gasteiger partial charge in [-0.15, -0.1) is 0 Å². The number of hydrogen-bond acceptors (Lipinski definition) is 2. The summed E-state index contributed by atoms with van der Waals surface area (Å²) in [5.41, 5.74) is 1.44. The third-order valence-electron chi connectivity index (χ3n) is 3.61. The SMILES string of the molecule is CC(C)=CCN(CC1CC1)CC1CCCN1. The molecule has 0 radical (unpaired) electrons. The summed E-state index contributed by atoms with van der Waals surface area (Å²) in [5.74, 6) is 1.01. The quantitative estimate of drug-likeness (QED) is 0.694. The first-order valence-corrected chi connectivity index (χ1v) is 6.83. The predicted octanol–water partition coefficient (Wildman–Crippen LogP) is 2.42. The van der Waals surface area contributed by atoms with E-state index in [4.69, 9.17) is 0 Å². The van der Waals surface area contributed by atoms with E-state index in [1.807, 2.05) is 0 Å². The summed E-state index contributed by atoms with van der Waals surface area (Å²) in [6.45, 7) is 9.34. The molecule has 1 N–H and O–H groups in total. The van der Waals surface area contributed by atoms with Crippen LogP contribution in [-0.4, -0.2) is 37.1 Å². The molecule has 0 bridgehead atoms. The Morgan fingerprint density at radius 2 is 2.06 bits per heavy atom. The van der Waals surface area contributed by atoms with Crippen molar-refractivity contribution in [2.24, 2.45) is 5.92 Å². The summed E-state index contributed by atoms with van der Waals surface area (Å²) in [7, 11) is 0. The maximum Gasteiger partial charge on any atom is 0.0195 e. The third-order valence-corrected chi connectivity index (χ3v) is 3.61. The molecule has 1 aliphatic heterocycles. The van der Waals surface area contributed by atoms with Crippen LogP contribution in [0.5, 0.6) is 0 Å². The molecular formula is C14H26N2. The van der Waals surface area contributed by atoms with Crippen molar-refractivity contribution in [1.82, 2.24) is 10.2 Å². The second kappa shape index (κ2) is 5.83. The lowest BCUT2D eigenvalue weighted by molar-refractivity contribution is 0.263. The summed E-state index contributed by atoms with van der Waals surface area (Å²) in [6.07, 6.45) is 8.03. The van der Waals surface area contributed by atoms with Crippen LogP contribution >= 0.6 is 0 Å². The van der Waals surface area contributed by atoms with Crippen molar-refractivity contribution in [3.63, 3.8) is 0 Å². The second-order valence-electron chi connectivity index (χ2n) is 5.74. The highest BCUT2D eigenvalue weighted by Crippen LogP contribution is 2.29. The van der Waals surface area contributed by atoms with E-state index >= 15 is 0 Å². The summed E-state index contributed by atoms with van der Waals surface area (Å²) >= 11 is 0. The minimum atomic E-state index is 0.754. The van der Waals surface area contributed by atoms with Crippen LogP contribution in [0.1, 0.15) is 39.5 Å². The molecule has 0 spiro atoms. The Balaban J connectivity index is 1.77. The Bertz CT molecular complexity index is 233. The van der Waals surface area contributed by atoms with Crippen molar-refractivity contribution in [3.8, 4) is 0 Å². The maximum atomic E-state index is 3.61. The zero-order chi connectivity index (χ0) is 11.4. The second-order valence-corrected chi connectivity index (χ2v) is 5.74. The molecule has 2 fully saturated rings. The van der Waals surface area contributed by atoms with Crippen LogP contribution in [0.25, 0.3) is 0 Å². The monoisotopic (exact) mass is 222 g/mol. The van der Waals surface area contributed by atoms with Gasteiger partial charge in [0.2, 0.25) is 0 Å². The molecule has 1 heterocycles. The number of nitrogens with zero attached hydrogens (tertiary/aromatic N) is 1. The molecule has 0 aromatic carbocycles. The van der Waals surface area contributed by atoms with Crippen molar-refractivity contribution in [1.29, 1.82) is 0 Å². The van der Waals surface area contributed by atoms with Gasteiger partial charge in [0.15, 0.2) is 0 Å². The Kier molecular flexibility index (Phi) is 4.42. The van der Waals surface area contributed by atoms with Crippen molar-refractivity contribution >= 4 is 0 Å². The van der Waals surface area contributed by atoms with Gasteiger partial charge < -0.3 is 5.32 Å². The molecule has 1 saturated heterocycles. The van der Waals surface area contributed by atoms with Crippen LogP contribution in [0.3, 0.4) is 0 Å². The van der Waals surface area contributed by atoms with Crippen LogP contribution < -0.4 is 5.32 Å². The fraction of sp³-hybridized carbons (Fsp3) is 0.857. The van der Waals surface area contributed by atoms with Gasteiger partial charge in [0.1, 0.15) is 0 Å². The van der Waals surface area contributed by atoms with E-state index in [9.17, 15) is 0 Å². The van der Waals surface area contributed by atoms with Crippen LogP contribution in [0.2, 0.25) is 0 Å². The molecule has 0 amide bonds.